The van der Waals surface area contributed by atoms with Crippen LogP contribution in [0, 0.1) is 5.92 Å². The molecule has 0 radical (unpaired) electrons. The molecule has 22 heavy (non-hydrogen) atoms. The number of pyridine rings is 1. The molecule has 0 unspecified atom stereocenters. The first-order chi connectivity index (χ1) is 10.6. The predicted octanol–water partition coefficient (Wildman–Crippen LogP) is 3.96. The second-order valence-electron chi connectivity index (χ2n) is 5.67. The number of hydrogen-bond acceptors (Lipinski definition) is 3. The SMILES string of the molecule is CCc1ccccc1NC(=O)c1ccc(NCC(C)C)cn1. The van der Waals surface area contributed by atoms with Crippen molar-refractivity contribution in [3.05, 3.63) is 53.9 Å². The number of hydrogen-bond donors (Lipinski definition) is 2. The molecule has 2 N–H and O–H groups in total. The van der Waals surface area contributed by atoms with E-state index >= 15 is 0 Å². The second kappa shape index (κ2) is 7.59. The fourth-order valence-electron chi connectivity index (χ4n) is 2.09. The molecule has 4 heteroatoms. The van der Waals surface area contributed by atoms with E-state index in [0.717, 1.165) is 29.9 Å². The normalized spacial score (nSPS) is 10.5. The van der Waals surface area contributed by atoms with E-state index in [2.05, 4.69) is 36.4 Å². The van der Waals surface area contributed by atoms with Crippen molar-refractivity contribution in [3.8, 4) is 0 Å². The minimum Gasteiger partial charge on any atom is -0.384 e. The summed E-state index contributed by atoms with van der Waals surface area (Å²) in [6.45, 7) is 7.25. The van der Waals surface area contributed by atoms with Crippen LogP contribution in [0.4, 0.5) is 11.4 Å². The van der Waals surface area contributed by atoms with Crippen LogP contribution < -0.4 is 10.6 Å². The van der Waals surface area contributed by atoms with Crippen LogP contribution in [-0.4, -0.2) is 17.4 Å². The summed E-state index contributed by atoms with van der Waals surface area (Å²) in [4.78, 5) is 16.5. The van der Waals surface area contributed by atoms with E-state index in [1.165, 1.54) is 0 Å². The lowest BCUT2D eigenvalue weighted by Crippen LogP contribution is -2.15. The molecule has 0 aliphatic rings. The lowest BCUT2D eigenvalue weighted by Gasteiger charge is -2.11. The standard InChI is InChI=1S/C18H23N3O/c1-4-14-7-5-6-8-16(14)21-18(22)17-10-9-15(12-20-17)19-11-13(2)3/h5-10,12-13,19H,4,11H2,1-3H3,(H,21,22). The third kappa shape index (κ3) is 4.32. The van der Waals surface area contributed by atoms with Gasteiger partial charge in [-0.3, -0.25) is 4.79 Å². The Kier molecular flexibility index (Phi) is 5.53. The van der Waals surface area contributed by atoms with E-state index in [9.17, 15) is 4.79 Å². The van der Waals surface area contributed by atoms with Crippen molar-refractivity contribution in [1.29, 1.82) is 0 Å². The van der Waals surface area contributed by atoms with Gasteiger partial charge >= 0.3 is 0 Å². The summed E-state index contributed by atoms with van der Waals surface area (Å²) in [6, 6.07) is 11.4. The van der Waals surface area contributed by atoms with Crippen molar-refractivity contribution < 1.29 is 4.79 Å². The third-order valence-electron chi connectivity index (χ3n) is 3.36. The van der Waals surface area contributed by atoms with E-state index in [4.69, 9.17) is 0 Å². The van der Waals surface area contributed by atoms with Gasteiger partial charge in [-0.25, -0.2) is 4.98 Å². The molecule has 4 nitrogen and oxygen atoms in total. The molecule has 0 spiro atoms. The highest BCUT2D eigenvalue weighted by atomic mass is 16.1. The van der Waals surface area contributed by atoms with Gasteiger partial charge in [-0.2, -0.15) is 0 Å². The molecule has 0 aliphatic heterocycles. The van der Waals surface area contributed by atoms with E-state index in [0.29, 0.717) is 11.6 Å². The number of aromatic nitrogens is 1. The smallest absolute Gasteiger partial charge is 0.274 e. The second-order valence-corrected chi connectivity index (χ2v) is 5.67. The van der Waals surface area contributed by atoms with Crippen molar-refractivity contribution in [2.24, 2.45) is 5.92 Å². The summed E-state index contributed by atoms with van der Waals surface area (Å²) in [7, 11) is 0. The summed E-state index contributed by atoms with van der Waals surface area (Å²) in [5, 5.41) is 6.21. The van der Waals surface area contributed by atoms with Crippen LogP contribution >= 0.6 is 0 Å². The number of rotatable bonds is 6. The number of carbonyl (C=O) groups is 1. The Morgan fingerprint density at radius 2 is 1.95 bits per heavy atom. The molecule has 116 valence electrons. The third-order valence-corrected chi connectivity index (χ3v) is 3.36. The topological polar surface area (TPSA) is 54.0 Å². The molecule has 1 heterocycles. The van der Waals surface area contributed by atoms with Gasteiger partial charge in [0.05, 0.1) is 11.9 Å². The highest BCUT2D eigenvalue weighted by Gasteiger charge is 2.09. The van der Waals surface area contributed by atoms with E-state index < -0.39 is 0 Å². The summed E-state index contributed by atoms with van der Waals surface area (Å²) >= 11 is 0. The maximum atomic E-state index is 12.3. The summed E-state index contributed by atoms with van der Waals surface area (Å²) in [5.41, 5.74) is 3.31. The number of nitrogens with one attached hydrogen (secondary N) is 2. The maximum Gasteiger partial charge on any atom is 0.274 e. The molecule has 2 rings (SSSR count). The first-order valence-corrected chi connectivity index (χ1v) is 7.69. The Morgan fingerprint density at radius 3 is 2.59 bits per heavy atom. The molecular formula is C18H23N3O. The molecule has 0 saturated carbocycles. The zero-order valence-corrected chi connectivity index (χ0v) is 13.4. The van der Waals surface area contributed by atoms with Crippen LogP contribution in [0.2, 0.25) is 0 Å². The van der Waals surface area contributed by atoms with Gasteiger partial charge in [-0.15, -0.1) is 0 Å². The van der Waals surface area contributed by atoms with Crippen LogP contribution in [0.25, 0.3) is 0 Å². The Bertz CT molecular complexity index is 620. The fourth-order valence-corrected chi connectivity index (χ4v) is 2.09. The van der Waals surface area contributed by atoms with Crippen molar-refractivity contribution in [3.63, 3.8) is 0 Å². The number of anilines is 2. The highest BCUT2D eigenvalue weighted by molar-refractivity contribution is 6.03. The first kappa shape index (κ1) is 16.0. The lowest BCUT2D eigenvalue weighted by atomic mass is 10.1. The molecule has 1 aromatic carbocycles. The Morgan fingerprint density at radius 1 is 1.18 bits per heavy atom. The Hall–Kier alpha value is -2.36. The van der Waals surface area contributed by atoms with Crippen LogP contribution in [0.15, 0.2) is 42.6 Å². The molecule has 2 aromatic rings. The molecule has 0 aliphatic carbocycles. The molecule has 1 aromatic heterocycles. The van der Waals surface area contributed by atoms with Gasteiger partial charge < -0.3 is 10.6 Å². The number of nitrogens with zero attached hydrogens (tertiary/aromatic N) is 1. The maximum absolute atomic E-state index is 12.3. The lowest BCUT2D eigenvalue weighted by molar-refractivity contribution is 0.102. The molecular weight excluding hydrogens is 274 g/mol. The van der Waals surface area contributed by atoms with Gasteiger partial charge in [0.25, 0.3) is 5.91 Å². The van der Waals surface area contributed by atoms with Gasteiger partial charge in [0, 0.05) is 12.2 Å². The highest BCUT2D eigenvalue weighted by Crippen LogP contribution is 2.16. The number of para-hydroxylation sites is 1. The van der Waals surface area contributed by atoms with E-state index in [1.54, 1.807) is 12.3 Å². The molecule has 0 saturated heterocycles. The molecule has 1 amide bonds. The Labute approximate surface area is 132 Å². The van der Waals surface area contributed by atoms with Crippen LogP contribution in [0.5, 0.6) is 0 Å². The van der Waals surface area contributed by atoms with Crippen molar-refractivity contribution in [1.82, 2.24) is 4.98 Å². The zero-order chi connectivity index (χ0) is 15.9. The van der Waals surface area contributed by atoms with Gasteiger partial charge in [0.15, 0.2) is 0 Å². The summed E-state index contributed by atoms with van der Waals surface area (Å²) in [6.07, 6.45) is 2.57. The number of benzene rings is 1. The van der Waals surface area contributed by atoms with Crippen molar-refractivity contribution >= 4 is 17.3 Å². The zero-order valence-electron chi connectivity index (χ0n) is 13.4. The minimum atomic E-state index is -0.184. The predicted molar refractivity (Wildman–Crippen MR) is 91.3 cm³/mol. The average Bonchev–Trinajstić information content (AvgIpc) is 2.54. The van der Waals surface area contributed by atoms with Gasteiger partial charge in [0.2, 0.25) is 0 Å². The quantitative estimate of drug-likeness (QED) is 0.848. The number of amides is 1. The van der Waals surface area contributed by atoms with Gasteiger partial charge in [0.1, 0.15) is 5.69 Å². The van der Waals surface area contributed by atoms with Gasteiger partial charge in [-0.05, 0) is 36.1 Å². The monoisotopic (exact) mass is 297 g/mol. The fraction of sp³-hybridized carbons (Fsp3) is 0.333. The van der Waals surface area contributed by atoms with Crippen LogP contribution in [-0.2, 0) is 6.42 Å². The van der Waals surface area contributed by atoms with Crippen LogP contribution in [0.1, 0.15) is 36.8 Å². The van der Waals surface area contributed by atoms with Crippen molar-refractivity contribution in [2.75, 3.05) is 17.2 Å². The van der Waals surface area contributed by atoms with Crippen LogP contribution in [0.3, 0.4) is 0 Å². The minimum absolute atomic E-state index is 0.184. The first-order valence-electron chi connectivity index (χ1n) is 7.69. The van der Waals surface area contributed by atoms with Crippen molar-refractivity contribution in [2.45, 2.75) is 27.2 Å². The molecule has 0 fully saturated rings. The summed E-state index contributed by atoms with van der Waals surface area (Å²) < 4.78 is 0. The van der Waals surface area contributed by atoms with E-state index in [-0.39, 0.29) is 5.91 Å². The molecule has 0 atom stereocenters. The average molecular weight is 297 g/mol. The number of aryl methyl sites for hydroxylation is 1. The number of carbonyl (C=O) groups excluding carboxylic acids is 1. The summed E-state index contributed by atoms with van der Waals surface area (Å²) in [5.74, 6) is 0.379. The molecule has 0 bridgehead atoms. The van der Waals surface area contributed by atoms with E-state index in [1.807, 2.05) is 30.3 Å². The Balaban J connectivity index is 2.03. The largest absolute Gasteiger partial charge is 0.384 e. The van der Waals surface area contributed by atoms with Gasteiger partial charge in [-0.1, -0.05) is 39.0 Å².